The molecule has 1 aliphatic rings. The maximum absolute atomic E-state index is 13.0. The number of nitrogens with two attached hydrogens (primary N) is 1. The fourth-order valence-electron chi connectivity index (χ4n) is 4.06. The first kappa shape index (κ1) is 23.2. The molecule has 1 fully saturated rings. The topological polar surface area (TPSA) is 151 Å². The molecule has 0 spiro atoms. The molecule has 4 rings (SSSR count). The highest BCUT2D eigenvalue weighted by molar-refractivity contribution is 7.88. The van der Waals surface area contributed by atoms with Crippen molar-refractivity contribution in [3.05, 3.63) is 46.2 Å². The van der Waals surface area contributed by atoms with Gasteiger partial charge in [-0.3, -0.25) is 9.78 Å². The third kappa shape index (κ3) is 5.89. The van der Waals surface area contributed by atoms with Gasteiger partial charge in [0.25, 0.3) is 5.56 Å². The zero-order valence-corrected chi connectivity index (χ0v) is 19.4. The van der Waals surface area contributed by atoms with Crippen molar-refractivity contribution in [3.63, 3.8) is 0 Å². The van der Waals surface area contributed by atoms with Gasteiger partial charge in [-0.1, -0.05) is 30.3 Å². The fraction of sp³-hybridized carbons (Fsp3) is 0.476. The van der Waals surface area contributed by atoms with Crippen LogP contribution in [0.2, 0.25) is 0 Å². The van der Waals surface area contributed by atoms with E-state index < -0.39 is 10.0 Å². The number of imidazole rings is 1. The lowest BCUT2D eigenvalue weighted by Gasteiger charge is -2.31. The van der Waals surface area contributed by atoms with E-state index in [2.05, 4.69) is 37.0 Å². The van der Waals surface area contributed by atoms with E-state index in [4.69, 9.17) is 10.7 Å². The average molecular weight is 475 g/mol. The maximum Gasteiger partial charge on any atom is 0.278 e. The van der Waals surface area contributed by atoms with Gasteiger partial charge in [0.2, 0.25) is 21.9 Å². The molecule has 3 aromatic rings. The van der Waals surface area contributed by atoms with Crippen LogP contribution in [0, 0.1) is 0 Å². The van der Waals surface area contributed by atoms with Gasteiger partial charge in [-0.15, -0.1) is 0 Å². The Hall–Kier alpha value is -2.96. The van der Waals surface area contributed by atoms with Crippen molar-refractivity contribution >= 4 is 33.1 Å². The number of nitrogens with one attached hydrogen (secondary N) is 3. The van der Waals surface area contributed by atoms with E-state index in [1.165, 1.54) is 5.56 Å². The Labute approximate surface area is 192 Å². The Bertz CT molecular complexity index is 1260. The molecular weight excluding hydrogens is 444 g/mol. The largest absolute Gasteiger partial charge is 0.354 e. The molecule has 2 aromatic heterocycles. The van der Waals surface area contributed by atoms with Crippen LogP contribution in [0.15, 0.2) is 35.1 Å². The van der Waals surface area contributed by atoms with Crippen molar-refractivity contribution in [2.75, 3.05) is 42.7 Å². The Morgan fingerprint density at radius 1 is 1.21 bits per heavy atom. The number of rotatable bonds is 9. The van der Waals surface area contributed by atoms with Crippen LogP contribution in [0.1, 0.15) is 18.4 Å². The van der Waals surface area contributed by atoms with Gasteiger partial charge >= 0.3 is 0 Å². The SMILES string of the molecule is CS(=O)(=O)NCCNc1nc2nc(N3CCCC(N)C3)n(CCc3ccccc3)c2c(=O)[nH]1. The molecule has 11 nitrogen and oxygen atoms in total. The Kier molecular flexibility index (Phi) is 6.96. The number of benzene rings is 1. The molecule has 3 heterocycles. The van der Waals surface area contributed by atoms with Crippen LogP contribution in [-0.4, -0.2) is 66.4 Å². The predicted octanol–water partition coefficient (Wildman–Crippen LogP) is 0.251. The summed E-state index contributed by atoms with van der Waals surface area (Å²) in [5.74, 6) is 0.947. The normalized spacial score (nSPS) is 16.9. The third-order valence-electron chi connectivity index (χ3n) is 5.58. The predicted molar refractivity (Wildman–Crippen MR) is 129 cm³/mol. The first-order valence-corrected chi connectivity index (χ1v) is 12.9. The summed E-state index contributed by atoms with van der Waals surface area (Å²) in [6, 6.07) is 10.2. The molecule has 1 atom stereocenters. The van der Waals surface area contributed by atoms with Crippen LogP contribution in [0.3, 0.4) is 0 Å². The second-order valence-electron chi connectivity index (χ2n) is 8.33. The van der Waals surface area contributed by atoms with Gasteiger partial charge in [0.05, 0.1) is 6.26 Å². The molecule has 5 N–H and O–H groups in total. The minimum absolute atomic E-state index is 0.0620. The number of hydrogen-bond donors (Lipinski definition) is 4. The van der Waals surface area contributed by atoms with Gasteiger partial charge in [-0.05, 0) is 24.8 Å². The first-order chi connectivity index (χ1) is 15.8. The van der Waals surface area contributed by atoms with E-state index in [-0.39, 0.29) is 30.6 Å². The number of anilines is 2. The van der Waals surface area contributed by atoms with Gasteiger partial charge in [0.1, 0.15) is 0 Å². The van der Waals surface area contributed by atoms with Crippen molar-refractivity contribution in [1.82, 2.24) is 24.2 Å². The van der Waals surface area contributed by atoms with E-state index in [9.17, 15) is 13.2 Å². The lowest BCUT2D eigenvalue weighted by molar-refractivity contribution is 0.493. The van der Waals surface area contributed by atoms with E-state index in [0.717, 1.165) is 32.1 Å². The molecule has 1 aliphatic heterocycles. The minimum Gasteiger partial charge on any atom is -0.354 e. The molecule has 0 saturated carbocycles. The summed E-state index contributed by atoms with van der Waals surface area (Å²) in [4.78, 5) is 27.1. The highest BCUT2D eigenvalue weighted by Crippen LogP contribution is 2.23. The second kappa shape index (κ2) is 9.89. The maximum atomic E-state index is 13.0. The van der Waals surface area contributed by atoms with Crippen molar-refractivity contribution in [1.29, 1.82) is 0 Å². The highest BCUT2D eigenvalue weighted by atomic mass is 32.2. The number of nitrogens with zero attached hydrogens (tertiary/aromatic N) is 4. The molecule has 178 valence electrons. The lowest BCUT2D eigenvalue weighted by atomic mass is 10.1. The van der Waals surface area contributed by atoms with E-state index in [1.807, 2.05) is 22.8 Å². The van der Waals surface area contributed by atoms with Crippen LogP contribution in [0.25, 0.3) is 11.2 Å². The van der Waals surface area contributed by atoms with E-state index >= 15 is 0 Å². The zero-order valence-electron chi connectivity index (χ0n) is 18.6. The second-order valence-corrected chi connectivity index (χ2v) is 10.2. The summed E-state index contributed by atoms with van der Waals surface area (Å²) in [5.41, 5.74) is 7.84. The number of aromatic nitrogens is 4. The van der Waals surface area contributed by atoms with Gasteiger partial charge in [-0.25, -0.2) is 13.1 Å². The van der Waals surface area contributed by atoms with Gasteiger partial charge in [-0.2, -0.15) is 9.97 Å². The molecule has 0 bridgehead atoms. The highest BCUT2D eigenvalue weighted by Gasteiger charge is 2.24. The number of H-pyrrole nitrogens is 1. The summed E-state index contributed by atoms with van der Waals surface area (Å²) in [6.07, 6.45) is 3.77. The van der Waals surface area contributed by atoms with Crippen molar-refractivity contribution in [2.24, 2.45) is 5.73 Å². The molecule has 33 heavy (non-hydrogen) atoms. The Morgan fingerprint density at radius 2 is 2.00 bits per heavy atom. The molecule has 1 saturated heterocycles. The number of aromatic amines is 1. The van der Waals surface area contributed by atoms with Crippen molar-refractivity contribution in [3.8, 4) is 0 Å². The molecule has 0 amide bonds. The van der Waals surface area contributed by atoms with E-state index in [0.29, 0.717) is 30.2 Å². The van der Waals surface area contributed by atoms with Crippen LogP contribution in [0.5, 0.6) is 0 Å². The smallest absolute Gasteiger partial charge is 0.278 e. The van der Waals surface area contributed by atoms with Crippen LogP contribution >= 0.6 is 0 Å². The molecule has 1 unspecified atom stereocenters. The zero-order chi connectivity index (χ0) is 23.4. The van der Waals surface area contributed by atoms with Gasteiger partial charge in [0, 0.05) is 38.8 Å². The third-order valence-corrected chi connectivity index (χ3v) is 6.31. The van der Waals surface area contributed by atoms with Crippen molar-refractivity contribution in [2.45, 2.75) is 31.8 Å². The summed E-state index contributed by atoms with van der Waals surface area (Å²) < 4.78 is 26.7. The number of fused-ring (bicyclic) bond motifs is 1. The molecule has 0 radical (unpaired) electrons. The standard InChI is InChI=1S/C21H30N8O3S/c1-33(31,32)24-11-10-23-20-25-18-17(19(30)27-20)29(13-9-15-6-3-2-4-7-15)21(26-18)28-12-5-8-16(22)14-28/h2-4,6-7,16,24H,5,8-14,22H2,1H3,(H2,23,25,27,30). The van der Waals surface area contributed by atoms with Gasteiger partial charge in [0.15, 0.2) is 11.2 Å². The van der Waals surface area contributed by atoms with Crippen LogP contribution < -0.4 is 26.2 Å². The van der Waals surface area contributed by atoms with Crippen molar-refractivity contribution < 1.29 is 8.42 Å². The minimum atomic E-state index is -3.28. The summed E-state index contributed by atoms with van der Waals surface area (Å²) in [7, 11) is -3.28. The Morgan fingerprint density at radius 3 is 2.73 bits per heavy atom. The van der Waals surface area contributed by atoms with E-state index in [1.54, 1.807) is 0 Å². The average Bonchev–Trinajstić information content (AvgIpc) is 3.14. The van der Waals surface area contributed by atoms with Crippen LogP contribution in [0.4, 0.5) is 11.9 Å². The van der Waals surface area contributed by atoms with Gasteiger partial charge < -0.3 is 20.5 Å². The summed E-state index contributed by atoms with van der Waals surface area (Å²) in [5, 5.41) is 2.95. The lowest BCUT2D eigenvalue weighted by Crippen LogP contribution is -2.44. The summed E-state index contributed by atoms with van der Waals surface area (Å²) in [6.45, 7) is 2.52. The summed E-state index contributed by atoms with van der Waals surface area (Å²) >= 11 is 0. The van der Waals surface area contributed by atoms with Crippen LogP contribution in [-0.2, 0) is 23.0 Å². The number of aryl methyl sites for hydroxylation is 2. The molecule has 1 aromatic carbocycles. The number of sulfonamides is 1. The first-order valence-electron chi connectivity index (χ1n) is 11.0. The molecule has 0 aliphatic carbocycles. The molecule has 12 heteroatoms. The number of hydrogen-bond acceptors (Lipinski definition) is 8. The Balaban J connectivity index is 1.63. The quantitative estimate of drug-likeness (QED) is 0.322. The monoisotopic (exact) mass is 474 g/mol. The number of piperidine rings is 1. The molecular formula is C21H30N8O3S. The fourth-order valence-corrected chi connectivity index (χ4v) is 4.54.